The molecule has 0 aliphatic heterocycles. The first kappa shape index (κ1) is 15.3. The molecule has 0 aromatic heterocycles. The molecule has 0 heterocycles. The van der Waals surface area contributed by atoms with Crippen LogP contribution < -0.4 is 10.1 Å². The molecule has 2 rings (SSSR count). The summed E-state index contributed by atoms with van der Waals surface area (Å²) in [4.78, 5) is 12.2. The monoisotopic (exact) mass is 292 g/mol. The van der Waals surface area contributed by atoms with Crippen molar-refractivity contribution in [3.63, 3.8) is 0 Å². The predicted octanol–water partition coefficient (Wildman–Crippen LogP) is 1.57. The van der Waals surface area contributed by atoms with Crippen molar-refractivity contribution >= 4 is 18.3 Å². The highest BCUT2D eigenvalue weighted by Crippen LogP contribution is 2.27. The molecule has 0 atom stereocenters. The van der Waals surface area contributed by atoms with Gasteiger partial charge in [-0.05, 0) is 37.8 Å². The average molecular weight is 292 g/mol. The Morgan fingerprint density at radius 3 is 2.67 bits per heavy atom. The van der Waals surface area contributed by atoms with Gasteiger partial charge in [0.2, 0.25) is 0 Å². The Labute approximate surface area is 123 Å². The number of carbonyl (C=O) groups excluding carboxylic acids is 1. The van der Waals surface area contributed by atoms with Crippen molar-refractivity contribution in [2.75, 3.05) is 7.11 Å². The Balaban J connectivity index is 2.07. The summed E-state index contributed by atoms with van der Waals surface area (Å²) in [5.74, 6) is 0.106. The Morgan fingerprint density at radius 1 is 1.43 bits per heavy atom. The molecule has 1 fully saturated rings. The van der Waals surface area contributed by atoms with Crippen molar-refractivity contribution in [3.8, 4) is 5.75 Å². The fourth-order valence-corrected chi connectivity index (χ4v) is 2.51. The van der Waals surface area contributed by atoms with E-state index in [2.05, 4.69) is 12.0 Å². The summed E-state index contributed by atoms with van der Waals surface area (Å²) in [5, 5.41) is 23.7. The number of aliphatic hydroxyl groups excluding tert-OH is 1. The number of methoxy groups -OCH3 is 1. The van der Waals surface area contributed by atoms with Crippen LogP contribution in [0.15, 0.2) is 18.2 Å². The number of rotatable bonds is 4. The van der Waals surface area contributed by atoms with Crippen molar-refractivity contribution in [1.82, 2.24) is 5.32 Å². The summed E-state index contributed by atoms with van der Waals surface area (Å²) in [5.41, 5.74) is 0.707. The summed E-state index contributed by atoms with van der Waals surface area (Å²) in [7, 11) is 1.44. The van der Waals surface area contributed by atoms with Crippen LogP contribution in [0, 0.1) is 5.21 Å². The lowest BCUT2D eigenvalue weighted by atomic mass is 9.93. The molecule has 1 aliphatic carbocycles. The lowest BCUT2D eigenvalue weighted by Gasteiger charge is -2.26. The third-order valence-corrected chi connectivity index (χ3v) is 3.74. The van der Waals surface area contributed by atoms with Crippen LogP contribution in [-0.2, 0) is 0 Å². The average Bonchev–Trinajstić information content (AvgIpc) is 2.48. The van der Waals surface area contributed by atoms with Gasteiger partial charge >= 0.3 is 0 Å². The molecule has 6 nitrogen and oxygen atoms in total. The van der Waals surface area contributed by atoms with Crippen LogP contribution in [0.2, 0.25) is 0 Å². The van der Waals surface area contributed by atoms with Crippen molar-refractivity contribution < 1.29 is 19.4 Å². The SMILES string of the molecule is C=[N+]([O-])c1ccc(C(=O)NC2CCC(O)CC2)cc1OC. The van der Waals surface area contributed by atoms with Crippen LogP contribution in [0.3, 0.4) is 0 Å². The van der Waals surface area contributed by atoms with E-state index in [1.54, 1.807) is 6.07 Å². The number of aliphatic hydroxyl groups is 1. The van der Waals surface area contributed by atoms with Gasteiger partial charge in [-0.25, -0.2) is 0 Å². The van der Waals surface area contributed by atoms with Crippen LogP contribution in [0.25, 0.3) is 0 Å². The number of benzene rings is 1. The molecular formula is C15H20N2O4. The first-order valence-corrected chi connectivity index (χ1v) is 6.96. The highest BCUT2D eigenvalue weighted by molar-refractivity contribution is 5.95. The quantitative estimate of drug-likeness (QED) is 0.382. The maximum atomic E-state index is 12.2. The van der Waals surface area contributed by atoms with Gasteiger partial charge in [0.15, 0.2) is 5.75 Å². The highest BCUT2D eigenvalue weighted by atomic mass is 16.5. The molecule has 1 aliphatic rings. The van der Waals surface area contributed by atoms with E-state index in [4.69, 9.17) is 4.74 Å². The van der Waals surface area contributed by atoms with Gasteiger partial charge in [-0.1, -0.05) is 0 Å². The van der Waals surface area contributed by atoms with E-state index in [0.29, 0.717) is 28.9 Å². The van der Waals surface area contributed by atoms with Gasteiger partial charge in [0.1, 0.15) is 6.72 Å². The number of ether oxygens (including phenoxy) is 1. The molecule has 1 saturated carbocycles. The summed E-state index contributed by atoms with van der Waals surface area (Å²) < 4.78 is 5.55. The minimum atomic E-state index is -0.252. The summed E-state index contributed by atoms with van der Waals surface area (Å²) in [6.07, 6.45) is 2.71. The second-order valence-corrected chi connectivity index (χ2v) is 5.24. The van der Waals surface area contributed by atoms with E-state index in [1.807, 2.05) is 0 Å². The van der Waals surface area contributed by atoms with Gasteiger partial charge in [0.25, 0.3) is 11.6 Å². The zero-order chi connectivity index (χ0) is 15.4. The fraction of sp³-hybridized carbons (Fsp3) is 0.467. The molecule has 2 N–H and O–H groups in total. The van der Waals surface area contributed by atoms with Crippen LogP contribution in [0.4, 0.5) is 5.69 Å². The number of amides is 1. The van der Waals surface area contributed by atoms with E-state index in [9.17, 15) is 15.1 Å². The highest BCUT2D eigenvalue weighted by Gasteiger charge is 2.22. The minimum Gasteiger partial charge on any atom is -0.619 e. The number of carbonyl (C=O) groups is 1. The topological polar surface area (TPSA) is 84.6 Å². The second kappa shape index (κ2) is 6.58. The van der Waals surface area contributed by atoms with Gasteiger partial charge in [0.05, 0.1) is 13.2 Å². The van der Waals surface area contributed by atoms with Crippen molar-refractivity contribution in [1.29, 1.82) is 0 Å². The molecular weight excluding hydrogens is 272 g/mol. The summed E-state index contributed by atoms with van der Waals surface area (Å²) in [6.45, 7) is 3.27. The first-order chi connectivity index (χ1) is 10.0. The zero-order valence-electron chi connectivity index (χ0n) is 12.0. The fourth-order valence-electron chi connectivity index (χ4n) is 2.51. The molecule has 0 bridgehead atoms. The summed E-state index contributed by atoms with van der Waals surface area (Å²) >= 11 is 0. The Morgan fingerprint density at radius 2 is 2.10 bits per heavy atom. The standard InChI is InChI=1S/C15H20N2O4/c1-17(20)13-8-3-10(9-14(13)21-2)15(19)16-11-4-6-12(18)7-5-11/h3,8-9,11-12,18H,1,4-7H2,2H3,(H,16,19). The van der Waals surface area contributed by atoms with Gasteiger partial charge in [-0.2, -0.15) is 4.74 Å². The molecule has 0 radical (unpaired) electrons. The molecule has 0 spiro atoms. The smallest absolute Gasteiger partial charge is 0.258 e. The van der Waals surface area contributed by atoms with E-state index in [0.717, 1.165) is 12.8 Å². The van der Waals surface area contributed by atoms with E-state index < -0.39 is 0 Å². The maximum absolute atomic E-state index is 12.2. The Bertz CT molecular complexity index is 536. The first-order valence-electron chi connectivity index (χ1n) is 6.96. The molecule has 1 aromatic carbocycles. The second-order valence-electron chi connectivity index (χ2n) is 5.24. The van der Waals surface area contributed by atoms with Crippen molar-refractivity contribution in [2.24, 2.45) is 0 Å². The molecule has 0 saturated heterocycles. The number of nitrogens with zero attached hydrogens (tertiary/aromatic N) is 1. The van der Waals surface area contributed by atoms with Crippen LogP contribution >= 0.6 is 0 Å². The zero-order valence-corrected chi connectivity index (χ0v) is 12.0. The molecule has 1 aromatic rings. The van der Waals surface area contributed by atoms with Gasteiger partial charge in [-0.15, -0.1) is 0 Å². The van der Waals surface area contributed by atoms with Crippen LogP contribution in [0.1, 0.15) is 36.0 Å². The molecule has 1 amide bonds. The molecule has 114 valence electrons. The van der Waals surface area contributed by atoms with Gasteiger partial charge in [-0.3, -0.25) is 4.79 Å². The molecule has 6 heteroatoms. The van der Waals surface area contributed by atoms with Crippen LogP contribution in [-0.4, -0.2) is 41.7 Å². The Hall–Kier alpha value is -2.08. The van der Waals surface area contributed by atoms with Crippen molar-refractivity contribution in [3.05, 3.63) is 29.0 Å². The van der Waals surface area contributed by atoms with E-state index in [1.165, 1.54) is 19.2 Å². The van der Waals surface area contributed by atoms with Crippen molar-refractivity contribution in [2.45, 2.75) is 37.8 Å². The third kappa shape index (κ3) is 3.72. The maximum Gasteiger partial charge on any atom is 0.258 e. The molecule has 0 unspecified atom stereocenters. The third-order valence-electron chi connectivity index (χ3n) is 3.74. The number of hydrogen-bond donors (Lipinski definition) is 2. The predicted molar refractivity (Wildman–Crippen MR) is 79.1 cm³/mol. The lowest BCUT2D eigenvalue weighted by molar-refractivity contribution is -0.350. The summed E-state index contributed by atoms with van der Waals surface area (Å²) in [6, 6.07) is 4.69. The number of hydrogen-bond acceptors (Lipinski definition) is 4. The Kier molecular flexibility index (Phi) is 4.80. The molecule has 21 heavy (non-hydrogen) atoms. The van der Waals surface area contributed by atoms with E-state index in [-0.39, 0.29) is 23.7 Å². The number of nitrogens with one attached hydrogen (secondary N) is 1. The van der Waals surface area contributed by atoms with Gasteiger partial charge < -0.3 is 20.4 Å². The van der Waals surface area contributed by atoms with Gasteiger partial charge in [0, 0.05) is 17.7 Å². The van der Waals surface area contributed by atoms with E-state index >= 15 is 0 Å². The van der Waals surface area contributed by atoms with Crippen LogP contribution in [0.5, 0.6) is 5.75 Å². The lowest BCUT2D eigenvalue weighted by Crippen LogP contribution is -2.38. The normalized spacial score (nSPS) is 21.6. The minimum absolute atomic E-state index is 0.0791. The largest absolute Gasteiger partial charge is 0.619 e.